The Morgan fingerprint density at radius 2 is 1.25 bits per heavy atom. The van der Waals surface area contributed by atoms with Crippen LogP contribution in [0.2, 0.25) is 0 Å². The molecule has 14 heteroatoms. The monoisotopic (exact) mass is 341 g/mol. The van der Waals surface area contributed by atoms with Crippen molar-refractivity contribution in [3.05, 3.63) is 0 Å². The molecule has 0 aromatic carbocycles. The number of hydrogen-bond donors (Lipinski definition) is 8. The van der Waals surface area contributed by atoms with Crippen LogP contribution in [-0.2, 0) is 18.2 Å². The van der Waals surface area contributed by atoms with Gasteiger partial charge >= 0.3 is 15.6 Å². The van der Waals surface area contributed by atoms with E-state index in [0.717, 1.165) is 0 Å². The van der Waals surface area contributed by atoms with Gasteiger partial charge in [-0.3, -0.25) is 9.05 Å². The van der Waals surface area contributed by atoms with Crippen LogP contribution in [0.5, 0.6) is 0 Å². The van der Waals surface area contributed by atoms with Gasteiger partial charge in [0.25, 0.3) is 0 Å². The third kappa shape index (κ3) is 9.08. The van der Waals surface area contributed by atoms with E-state index in [-0.39, 0.29) is 0 Å². The van der Waals surface area contributed by atoms with Crippen LogP contribution < -0.4 is 5.73 Å². The molecule has 0 rings (SSSR count). The van der Waals surface area contributed by atoms with Crippen LogP contribution in [0, 0.1) is 0 Å². The molecule has 4 atom stereocenters. The lowest BCUT2D eigenvalue weighted by atomic mass is 10.0. The zero-order valence-corrected chi connectivity index (χ0v) is 11.7. The highest BCUT2D eigenvalue weighted by molar-refractivity contribution is 7.46. The predicted molar refractivity (Wildman–Crippen MR) is 62.0 cm³/mol. The van der Waals surface area contributed by atoms with E-state index >= 15 is 0 Å². The van der Waals surface area contributed by atoms with Crippen molar-refractivity contribution < 1.29 is 53.1 Å². The van der Waals surface area contributed by atoms with E-state index in [2.05, 4.69) is 9.05 Å². The van der Waals surface area contributed by atoms with Gasteiger partial charge in [-0.15, -0.1) is 0 Å². The highest BCUT2D eigenvalue weighted by atomic mass is 31.2. The van der Waals surface area contributed by atoms with Crippen molar-refractivity contribution in [3.8, 4) is 0 Å². The van der Waals surface area contributed by atoms with Gasteiger partial charge in [0, 0.05) is 0 Å². The van der Waals surface area contributed by atoms with Crippen LogP contribution in [0.15, 0.2) is 0 Å². The minimum absolute atomic E-state index is 0.825. The average Bonchev–Trinajstić information content (AvgIpc) is 2.29. The first-order valence-electron chi connectivity index (χ1n) is 5.03. The Hall–Kier alpha value is 0.0600. The molecule has 0 aliphatic carbocycles. The molecular formula is C6H17NO11P2. The SMILES string of the molecule is N[C@@H](COP(=O)(O)O)[C@@H](O)[C@H](O)[C@H](O)COP(=O)(O)O. The number of rotatable bonds is 9. The molecule has 0 saturated carbocycles. The Bertz CT molecular complexity index is 343. The summed E-state index contributed by atoms with van der Waals surface area (Å²) in [5, 5.41) is 28.2. The fraction of sp³-hybridized carbons (Fsp3) is 1.00. The number of phosphoric ester groups is 2. The van der Waals surface area contributed by atoms with E-state index in [1.165, 1.54) is 0 Å². The van der Waals surface area contributed by atoms with Crippen molar-refractivity contribution in [3.63, 3.8) is 0 Å². The van der Waals surface area contributed by atoms with Crippen LogP contribution in [-0.4, -0.2) is 72.5 Å². The summed E-state index contributed by atoms with van der Waals surface area (Å²) in [5.41, 5.74) is 5.26. The van der Waals surface area contributed by atoms with Crippen molar-refractivity contribution in [1.29, 1.82) is 0 Å². The zero-order chi connectivity index (χ0) is 16.1. The minimum Gasteiger partial charge on any atom is -0.389 e. The van der Waals surface area contributed by atoms with Crippen molar-refractivity contribution in [2.24, 2.45) is 5.73 Å². The molecule has 0 bridgehead atoms. The summed E-state index contributed by atoms with van der Waals surface area (Å²) in [6.45, 7) is -1.82. The van der Waals surface area contributed by atoms with Gasteiger partial charge in [-0.1, -0.05) is 0 Å². The maximum absolute atomic E-state index is 10.4. The summed E-state index contributed by atoms with van der Waals surface area (Å²) >= 11 is 0. The number of nitrogens with two attached hydrogens (primary N) is 1. The molecule has 0 aromatic heterocycles. The lowest BCUT2D eigenvalue weighted by Gasteiger charge is -2.27. The van der Waals surface area contributed by atoms with Crippen LogP contribution in [0.25, 0.3) is 0 Å². The molecule has 12 nitrogen and oxygen atoms in total. The summed E-state index contributed by atoms with van der Waals surface area (Å²) in [5.74, 6) is 0. The lowest BCUT2D eigenvalue weighted by Crippen LogP contribution is -2.51. The second-order valence-corrected chi connectivity index (χ2v) is 6.26. The molecule has 20 heavy (non-hydrogen) atoms. The maximum atomic E-state index is 10.4. The number of hydrogen-bond acceptors (Lipinski definition) is 8. The second kappa shape index (κ2) is 7.90. The fourth-order valence-corrected chi connectivity index (χ4v) is 1.75. The Kier molecular flexibility index (Phi) is 7.92. The molecule has 122 valence electrons. The Balaban J connectivity index is 4.34. The molecule has 0 aliphatic rings. The lowest BCUT2D eigenvalue weighted by molar-refractivity contribution is -0.0860. The van der Waals surface area contributed by atoms with E-state index in [4.69, 9.17) is 25.3 Å². The van der Waals surface area contributed by atoms with Crippen LogP contribution >= 0.6 is 15.6 Å². The topological polar surface area (TPSA) is 220 Å². The van der Waals surface area contributed by atoms with Crippen LogP contribution in [0.4, 0.5) is 0 Å². The first-order chi connectivity index (χ1) is 8.83. The molecule has 9 N–H and O–H groups in total. The zero-order valence-electron chi connectivity index (χ0n) is 9.96. The fourth-order valence-electron chi connectivity index (χ4n) is 1.03. The van der Waals surface area contributed by atoms with E-state index in [9.17, 15) is 24.4 Å². The first-order valence-corrected chi connectivity index (χ1v) is 8.09. The van der Waals surface area contributed by atoms with Gasteiger partial charge in [-0.25, -0.2) is 9.13 Å². The third-order valence-corrected chi connectivity index (χ3v) is 3.00. The smallest absolute Gasteiger partial charge is 0.389 e. The Morgan fingerprint density at radius 3 is 1.65 bits per heavy atom. The van der Waals surface area contributed by atoms with Gasteiger partial charge < -0.3 is 40.6 Å². The molecule has 0 spiro atoms. The molecule has 0 radical (unpaired) electrons. The number of aliphatic hydroxyl groups excluding tert-OH is 3. The minimum atomic E-state index is -4.86. The summed E-state index contributed by atoms with van der Waals surface area (Å²) < 4.78 is 28.6. The number of aliphatic hydroxyl groups is 3. The van der Waals surface area contributed by atoms with E-state index in [0.29, 0.717) is 0 Å². The standard InChI is InChI=1S/C6H17NO11P2/c7-3(1-17-19(11,12)13)5(9)6(10)4(8)2-18-20(14,15)16/h3-6,8-10H,1-2,7H2,(H2,11,12,13)(H2,14,15,16)/t3-,4+,5+,6+/m0/s1. The van der Waals surface area contributed by atoms with Crippen molar-refractivity contribution >= 4 is 15.6 Å². The van der Waals surface area contributed by atoms with Gasteiger partial charge in [0.2, 0.25) is 0 Å². The summed E-state index contributed by atoms with van der Waals surface area (Å²) in [6.07, 6.45) is -5.74. The molecular weight excluding hydrogens is 324 g/mol. The highest BCUT2D eigenvalue weighted by Crippen LogP contribution is 2.36. The largest absolute Gasteiger partial charge is 0.469 e. The third-order valence-electron chi connectivity index (χ3n) is 2.03. The molecule has 0 aliphatic heterocycles. The molecule has 0 unspecified atom stereocenters. The average molecular weight is 341 g/mol. The highest BCUT2D eigenvalue weighted by Gasteiger charge is 2.32. The normalized spacial score (nSPS) is 19.4. The predicted octanol–water partition coefficient (Wildman–Crippen LogP) is -3.38. The molecule has 0 heterocycles. The quantitative estimate of drug-likeness (QED) is 0.192. The van der Waals surface area contributed by atoms with Crippen molar-refractivity contribution in [2.45, 2.75) is 24.4 Å². The van der Waals surface area contributed by atoms with Gasteiger partial charge in [0.05, 0.1) is 25.4 Å². The number of phosphoric acid groups is 2. The second-order valence-electron chi connectivity index (χ2n) is 3.79. The summed E-state index contributed by atoms with van der Waals surface area (Å²) in [7, 11) is -9.67. The molecule has 0 saturated heterocycles. The molecule has 0 fully saturated rings. The molecule has 0 aromatic rings. The molecule has 0 amide bonds. The van der Waals surface area contributed by atoms with E-state index < -0.39 is 53.2 Å². The van der Waals surface area contributed by atoms with E-state index in [1.54, 1.807) is 0 Å². The van der Waals surface area contributed by atoms with Gasteiger partial charge in [0.15, 0.2) is 0 Å². The van der Waals surface area contributed by atoms with Gasteiger partial charge in [-0.05, 0) is 0 Å². The van der Waals surface area contributed by atoms with E-state index in [1.807, 2.05) is 0 Å². The first kappa shape index (κ1) is 20.1. The van der Waals surface area contributed by atoms with Gasteiger partial charge in [0.1, 0.15) is 12.2 Å². The van der Waals surface area contributed by atoms with Crippen molar-refractivity contribution in [1.82, 2.24) is 0 Å². The Labute approximate surface area is 113 Å². The summed E-state index contributed by atoms with van der Waals surface area (Å²) in [4.78, 5) is 33.6. The Morgan fingerprint density at radius 1 is 0.850 bits per heavy atom. The van der Waals surface area contributed by atoms with Crippen molar-refractivity contribution in [2.75, 3.05) is 13.2 Å². The van der Waals surface area contributed by atoms with Gasteiger partial charge in [-0.2, -0.15) is 0 Å². The van der Waals surface area contributed by atoms with Crippen LogP contribution in [0.3, 0.4) is 0 Å². The van der Waals surface area contributed by atoms with Crippen LogP contribution in [0.1, 0.15) is 0 Å². The maximum Gasteiger partial charge on any atom is 0.469 e. The summed E-state index contributed by atoms with van der Waals surface area (Å²) in [6, 6.07) is -1.47.